The Morgan fingerprint density at radius 1 is 1.33 bits per heavy atom. The van der Waals surface area contributed by atoms with Crippen molar-refractivity contribution in [3.05, 3.63) is 42.2 Å². The summed E-state index contributed by atoms with van der Waals surface area (Å²) in [5.41, 5.74) is 1.47. The molecule has 1 saturated heterocycles. The standard InChI is InChI=1S/C16H19N5/c1-12(2)16-19-6-7-20(16)9-13-10-21(11-13)15-4-3-5-18-14(15)8-17/h3-7,12-13H,9-11H2,1-2H3. The van der Waals surface area contributed by atoms with E-state index in [1.807, 2.05) is 18.3 Å². The maximum absolute atomic E-state index is 9.11. The van der Waals surface area contributed by atoms with E-state index in [0.29, 0.717) is 17.5 Å². The van der Waals surface area contributed by atoms with Crippen LogP contribution >= 0.6 is 0 Å². The number of hydrogen-bond donors (Lipinski definition) is 0. The van der Waals surface area contributed by atoms with Gasteiger partial charge in [0.15, 0.2) is 5.69 Å². The molecular weight excluding hydrogens is 262 g/mol. The van der Waals surface area contributed by atoms with E-state index in [1.165, 1.54) is 0 Å². The molecule has 2 aromatic heterocycles. The van der Waals surface area contributed by atoms with Crippen LogP contribution in [0.1, 0.15) is 31.3 Å². The summed E-state index contributed by atoms with van der Waals surface area (Å²) in [6.07, 6.45) is 5.60. The van der Waals surface area contributed by atoms with Gasteiger partial charge < -0.3 is 9.47 Å². The van der Waals surface area contributed by atoms with Crippen LogP contribution in [0, 0.1) is 17.2 Å². The lowest BCUT2D eigenvalue weighted by atomic mass is 9.98. The van der Waals surface area contributed by atoms with E-state index < -0.39 is 0 Å². The highest BCUT2D eigenvalue weighted by molar-refractivity contribution is 5.57. The van der Waals surface area contributed by atoms with Gasteiger partial charge in [-0.05, 0) is 12.1 Å². The quantitative estimate of drug-likeness (QED) is 0.863. The third-order valence-corrected chi connectivity index (χ3v) is 3.91. The second kappa shape index (κ2) is 5.57. The lowest BCUT2D eigenvalue weighted by Crippen LogP contribution is -2.49. The summed E-state index contributed by atoms with van der Waals surface area (Å²) in [6.45, 7) is 7.26. The molecule has 0 radical (unpaired) electrons. The Hall–Kier alpha value is -2.35. The second-order valence-electron chi connectivity index (χ2n) is 5.85. The van der Waals surface area contributed by atoms with Crippen LogP contribution in [0.4, 0.5) is 5.69 Å². The van der Waals surface area contributed by atoms with Gasteiger partial charge in [-0.1, -0.05) is 13.8 Å². The summed E-state index contributed by atoms with van der Waals surface area (Å²) in [5, 5.41) is 9.11. The molecule has 0 amide bonds. The number of rotatable bonds is 4. The van der Waals surface area contributed by atoms with Crippen molar-refractivity contribution in [2.45, 2.75) is 26.3 Å². The van der Waals surface area contributed by atoms with E-state index >= 15 is 0 Å². The number of imidazole rings is 1. The Bertz CT molecular complexity index is 661. The van der Waals surface area contributed by atoms with Crippen molar-refractivity contribution >= 4 is 5.69 Å². The average molecular weight is 281 g/mol. The number of aromatic nitrogens is 3. The first-order valence-electron chi connectivity index (χ1n) is 7.30. The first-order chi connectivity index (χ1) is 10.2. The summed E-state index contributed by atoms with van der Waals surface area (Å²) in [6, 6.07) is 6.02. The van der Waals surface area contributed by atoms with Gasteiger partial charge in [0, 0.05) is 50.1 Å². The second-order valence-corrected chi connectivity index (χ2v) is 5.85. The van der Waals surface area contributed by atoms with Crippen molar-refractivity contribution in [1.82, 2.24) is 14.5 Å². The molecule has 5 heteroatoms. The molecule has 0 unspecified atom stereocenters. The summed E-state index contributed by atoms with van der Waals surface area (Å²) in [4.78, 5) is 10.8. The zero-order valence-corrected chi connectivity index (χ0v) is 12.4. The largest absolute Gasteiger partial charge is 0.368 e. The Kier molecular flexibility index (Phi) is 3.61. The van der Waals surface area contributed by atoms with Gasteiger partial charge in [0.1, 0.15) is 11.9 Å². The summed E-state index contributed by atoms with van der Waals surface area (Å²) in [5.74, 6) is 2.19. The van der Waals surface area contributed by atoms with Gasteiger partial charge in [-0.2, -0.15) is 5.26 Å². The Morgan fingerprint density at radius 3 is 2.86 bits per heavy atom. The van der Waals surface area contributed by atoms with Gasteiger partial charge in [-0.15, -0.1) is 0 Å². The Labute approximate surface area is 124 Å². The van der Waals surface area contributed by atoms with E-state index in [4.69, 9.17) is 5.26 Å². The van der Waals surface area contributed by atoms with Crippen LogP contribution < -0.4 is 4.90 Å². The molecule has 0 aromatic carbocycles. The third kappa shape index (κ3) is 2.62. The summed E-state index contributed by atoms with van der Waals surface area (Å²) >= 11 is 0. The molecule has 5 nitrogen and oxygen atoms in total. The molecule has 0 atom stereocenters. The molecule has 2 aromatic rings. The van der Waals surface area contributed by atoms with Crippen molar-refractivity contribution in [2.75, 3.05) is 18.0 Å². The SMILES string of the molecule is CC(C)c1nccn1CC1CN(c2cccnc2C#N)C1. The predicted molar refractivity (Wildman–Crippen MR) is 81.0 cm³/mol. The van der Waals surface area contributed by atoms with Crippen LogP contribution in [0.5, 0.6) is 0 Å². The maximum Gasteiger partial charge on any atom is 0.163 e. The van der Waals surface area contributed by atoms with Crippen molar-refractivity contribution in [3.8, 4) is 6.07 Å². The molecule has 0 aliphatic carbocycles. The molecule has 108 valence electrons. The Balaban J connectivity index is 1.64. The third-order valence-electron chi connectivity index (χ3n) is 3.91. The van der Waals surface area contributed by atoms with Gasteiger partial charge in [0.2, 0.25) is 0 Å². The van der Waals surface area contributed by atoms with Crippen molar-refractivity contribution in [1.29, 1.82) is 5.26 Å². The number of nitriles is 1. The van der Waals surface area contributed by atoms with Crippen molar-refractivity contribution in [2.24, 2.45) is 5.92 Å². The first kappa shape index (κ1) is 13.6. The van der Waals surface area contributed by atoms with Crippen LogP contribution in [-0.4, -0.2) is 27.6 Å². The maximum atomic E-state index is 9.11. The van der Waals surface area contributed by atoms with Gasteiger partial charge in [0.05, 0.1) is 5.69 Å². The topological polar surface area (TPSA) is 57.7 Å². The molecule has 3 heterocycles. The van der Waals surface area contributed by atoms with E-state index in [-0.39, 0.29) is 0 Å². The van der Waals surface area contributed by atoms with Crippen LogP contribution in [0.3, 0.4) is 0 Å². The van der Waals surface area contributed by atoms with Gasteiger partial charge in [0.25, 0.3) is 0 Å². The molecule has 0 bridgehead atoms. The van der Waals surface area contributed by atoms with E-state index in [9.17, 15) is 0 Å². The molecular formula is C16H19N5. The Morgan fingerprint density at radius 2 is 2.14 bits per heavy atom. The normalized spacial score (nSPS) is 15.0. The zero-order chi connectivity index (χ0) is 14.8. The number of pyridine rings is 1. The number of anilines is 1. The fourth-order valence-corrected chi connectivity index (χ4v) is 2.87. The first-order valence-corrected chi connectivity index (χ1v) is 7.30. The monoisotopic (exact) mass is 281 g/mol. The average Bonchev–Trinajstić information content (AvgIpc) is 2.91. The van der Waals surface area contributed by atoms with Crippen LogP contribution in [-0.2, 0) is 6.54 Å². The highest BCUT2D eigenvalue weighted by Crippen LogP contribution is 2.28. The van der Waals surface area contributed by atoms with Crippen LogP contribution in [0.2, 0.25) is 0 Å². The molecule has 1 fully saturated rings. The minimum Gasteiger partial charge on any atom is -0.368 e. The predicted octanol–water partition coefficient (Wildman–Crippen LogP) is 2.41. The molecule has 3 rings (SSSR count). The van der Waals surface area contributed by atoms with Gasteiger partial charge in [-0.25, -0.2) is 9.97 Å². The van der Waals surface area contributed by atoms with Gasteiger partial charge in [-0.3, -0.25) is 0 Å². The molecule has 0 saturated carbocycles. The summed E-state index contributed by atoms with van der Waals surface area (Å²) in [7, 11) is 0. The van der Waals surface area contributed by atoms with E-state index in [0.717, 1.165) is 31.1 Å². The number of hydrogen-bond acceptors (Lipinski definition) is 4. The molecule has 0 spiro atoms. The highest BCUT2D eigenvalue weighted by atomic mass is 15.2. The minimum absolute atomic E-state index is 0.444. The van der Waals surface area contributed by atoms with E-state index in [2.05, 4.69) is 45.5 Å². The number of nitrogens with zero attached hydrogens (tertiary/aromatic N) is 5. The molecule has 1 aliphatic heterocycles. The smallest absolute Gasteiger partial charge is 0.163 e. The van der Waals surface area contributed by atoms with Crippen LogP contribution in [0.15, 0.2) is 30.7 Å². The lowest BCUT2D eigenvalue weighted by molar-refractivity contribution is 0.350. The molecule has 21 heavy (non-hydrogen) atoms. The van der Waals surface area contributed by atoms with Gasteiger partial charge >= 0.3 is 0 Å². The minimum atomic E-state index is 0.444. The fourth-order valence-electron chi connectivity index (χ4n) is 2.87. The van der Waals surface area contributed by atoms with Crippen LogP contribution in [0.25, 0.3) is 0 Å². The lowest BCUT2D eigenvalue weighted by Gasteiger charge is -2.41. The van der Waals surface area contributed by atoms with Crippen molar-refractivity contribution < 1.29 is 0 Å². The van der Waals surface area contributed by atoms with Crippen molar-refractivity contribution in [3.63, 3.8) is 0 Å². The molecule has 0 N–H and O–H groups in total. The summed E-state index contributed by atoms with van der Waals surface area (Å²) < 4.78 is 2.25. The molecule has 1 aliphatic rings. The van der Waals surface area contributed by atoms with E-state index in [1.54, 1.807) is 6.20 Å². The highest BCUT2D eigenvalue weighted by Gasteiger charge is 2.29. The zero-order valence-electron chi connectivity index (χ0n) is 12.4. The fraction of sp³-hybridized carbons (Fsp3) is 0.438.